The molecule has 1 aromatic heterocycles. The number of aromatic nitrogens is 4. The number of hydrogen-bond acceptors (Lipinski definition) is 5. The summed E-state index contributed by atoms with van der Waals surface area (Å²) < 4.78 is 7.05. The fourth-order valence-corrected chi connectivity index (χ4v) is 3.20. The Kier molecular flexibility index (Phi) is 4.62. The quantitative estimate of drug-likeness (QED) is 0.671. The maximum atomic E-state index is 5.26. The van der Waals surface area contributed by atoms with E-state index in [1.165, 1.54) is 11.1 Å². The molecule has 0 N–H and O–H groups in total. The summed E-state index contributed by atoms with van der Waals surface area (Å²) in [7, 11) is 1.67. The topological polar surface area (TPSA) is 52.8 Å². The number of ether oxygens (including phenoxy) is 1. The van der Waals surface area contributed by atoms with Gasteiger partial charge in [-0.1, -0.05) is 41.6 Å². The monoisotopic (exact) mass is 326 g/mol. The lowest BCUT2D eigenvalue weighted by molar-refractivity contribution is 0.414. The molecule has 0 saturated carbocycles. The van der Waals surface area contributed by atoms with E-state index in [-0.39, 0.29) is 0 Å². The van der Waals surface area contributed by atoms with Gasteiger partial charge in [0.1, 0.15) is 5.75 Å². The van der Waals surface area contributed by atoms with Gasteiger partial charge in [-0.3, -0.25) is 0 Å². The zero-order chi connectivity index (χ0) is 16.2. The first-order valence-electron chi connectivity index (χ1n) is 7.29. The standard InChI is InChI=1S/C17H18N4OS/c1-12-7-8-16(13(2)9-12)21-17(18-19-20-21)23-11-14-5-4-6-15(10-14)22-3/h4-10H,11H2,1-3H3. The third-order valence-electron chi connectivity index (χ3n) is 3.52. The number of tetrazole rings is 1. The predicted molar refractivity (Wildman–Crippen MR) is 91.2 cm³/mol. The summed E-state index contributed by atoms with van der Waals surface area (Å²) in [4.78, 5) is 0. The number of aryl methyl sites for hydroxylation is 2. The predicted octanol–water partition coefficient (Wildman–Crippen LogP) is 3.58. The first-order valence-corrected chi connectivity index (χ1v) is 8.27. The third kappa shape index (κ3) is 3.53. The van der Waals surface area contributed by atoms with Gasteiger partial charge in [0.15, 0.2) is 0 Å². The Labute approximate surface area is 139 Å². The second kappa shape index (κ2) is 6.83. The van der Waals surface area contributed by atoms with E-state index in [0.717, 1.165) is 27.9 Å². The van der Waals surface area contributed by atoms with E-state index in [2.05, 4.69) is 53.6 Å². The summed E-state index contributed by atoms with van der Waals surface area (Å²) in [6.07, 6.45) is 0. The van der Waals surface area contributed by atoms with Crippen LogP contribution in [0.4, 0.5) is 0 Å². The van der Waals surface area contributed by atoms with Gasteiger partial charge in [0.05, 0.1) is 12.8 Å². The molecule has 2 aromatic carbocycles. The molecule has 23 heavy (non-hydrogen) atoms. The Bertz CT molecular complexity index is 816. The molecule has 5 nitrogen and oxygen atoms in total. The van der Waals surface area contributed by atoms with Crippen molar-refractivity contribution in [2.24, 2.45) is 0 Å². The Hall–Kier alpha value is -2.34. The molecule has 0 saturated heterocycles. The van der Waals surface area contributed by atoms with Crippen LogP contribution in [0.25, 0.3) is 5.69 Å². The molecule has 0 unspecified atom stereocenters. The highest BCUT2D eigenvalue weighted by Gasteiger charge is 2.11. The van der Waals surface area contributed by atoms with Crippen molar-refractivity contribution in [2.45, 2.75) is 24.8 Å². The number of nitrogens with zero attached hydrogens (tertiary/aromatic N) is 4. The Morgan fingerprint density at radius 1 is 1.13 bits per heavy atom. The highest BCUT2D eigenvalue weighted by molar-refractivity contribution is 7.98. The fourth-order valence-electron chi connectivity index (χ4n) is 2.37. The zero-order valence-electron chi connectivity index (χ0n) is 13.4. The van der Waals surface area contributed by atoms with E-state index >= 15 is 0 Å². The van der Waals surface area contributed by atoms with Gasteiger partial charge in [-0.15, -0.1) is 5.10 Å². The Morgan fingerprint density at radius 2 is 2.00 bits per heavy atom. The third-order valence-corrected chi connectivity index (χ3v) is 4.51. The van der Waals surface area contributed by atoms with Crippen LogP contribution in [0.1, 0.15) is 16.7 Å². The van der Waals surface area contributed by atoms with Gasteiger partial charge in [0.2, 0.25) is 5.16 Å². The molecule has 0 amide bonds. The molecule has 0 aliphatic rings. The molecular weight excluding hydrogens is 308 g/mol. The van der Waals surface area contributed by atoms with Crippen LogP contribution in [0, 0.1) is 13.8 Å². The first kappa shape index (κ1) is 15.6. The van der Waals surface area contributed by atoms with Gasteiger partial charge in [-0.25, -0.2) is 0 Å². The number of rotatable bonds is 5. The summed E-state index contributed by atoms with van der Waals surface area (Å²) in [5.74, 6) is 1.64. The highest BCUT2D eigenvalue weighted by Crippen LogP contribution is 2.25. The fraction of sp³-hybridized carbons (Fsp3) is 0.235. The van der Waals surface area contributed by atoms with E-state index in [1.807, 2.05) is 18.2 Å². The van der Waals surface area contributed by atoms with E-state index in [4.69, 9.17) is 4.74 Å². The van der Waals surface area contributed by atoms with Gasteiger partial charge in [-0.05, 0) is 53.6 Å². The van der Waals surface area contributed by atoms with Crippen molar-refractivity contribution in [1.82, 2.24) is 20.2 Å². The van der Waals surface area contributed by atoms with Crippen LogP contribution in [0.3, 0.4) is 0 Å². The van der Waals surface area contributed by atoms with Crippen LogP contribution < -0.4 is 4.74 Å². The minimum absolute atomic E-state index is 0.778. The van der Waals surface area contributed by atoms with Crippen LogP contribution in [-0.2, 0) is 5.75 Å². The first-order chi connectivity index (χ1) is 11.2. The molecule has 0 radical (unpaired) electrons. The van der Waals surface area contributed by atoms with Crippen molar-refractivity contribution in [3.05, 3.63) is 59.2 Å². The van der Waals surface area contributed by atoms with Crippen LogP contribution >= 0.6 is 11.8 Å². The van der Waals surface area contributed by atoms with Gasteiger partial charge < -0.3 is 4.74 Å². The Morgan fingerprint density at radius 3 is 2.78 bits per heavy atom. The smallest absolute Gasteiger partial charge is 0.214 e. The van der Waals surface area contributed by atoms with E-state index in [1.54, 1.807) is 23.6 Å². The maximum absolute atomic E-state index is 5.26. The van der Waals surface area contributed by atoms with Gasteiger partial charge in [-0.2, -0.15) is 4.68 Å². The molecule has 0 aliphatic heterocycles. The van der Waals surface area contributed by atoms with E-state index in [9.17, 15) is 0 Å². The van der Waals surface area contributed by atoms with Crippen molar-refractivity contribution < 1.29 is 4.74 Å². The van der Waals surface area contributed by atoms with Crippen LogP contribution in [0.15, 0.2) is 47.6 Å². The van der Waals surface area contributed by atoms with E-state index in [0.29, 0.717) is 0 Å². The largest absolute Gasteiger partial charge is 0.497 e. The number of hydrogen-bond donors (Lipinski definition) is 0. The Balaban J connectivity index is 1.81. The average molecular weight is 326 g/mol. The SMILES string of the molecule is COc1cccc(CSc2nnnn2-c2ccc(C)cc2C)c1. The zero-order valence-corrected chi connectivity index (χ0v) is 14.2. The van der Waals surface area contributed by atoms with Gasteiger partial charge in [0, 0.05) is 5.75 Å². The molecular formula is C17H18N4OS. The van der Waals surface area contributed by atoms with Crippen molar-refractivity contribution in [2.75, 3.05) is 7.11 Å². The van der Waals surface area contributed by atoms with Crippen molar-refractivity contribution >= 4 is 11.8 Å². The molecule has 3 aromatic rings. The maximum Gasteiger partial charge on any atom is 0.214 e. The summed E-state index contributed by atoms with van der Waals surface area (Å²) in [5.41, 5.74) is 4.56. The number of methoxy groups -OCH3 is 1. The highest BCUT2D eigenvalue weighted by atomic mass is 32.2. The minimum Gasteiger partial charge on any atom is -0.497 e. The molecule has 3 rings (SSSR count). The lowest BCUT2D eigenvalue weighted by atomic mass is 10.1. The van der Waals surface area contributed by atoms with Gasteiger partial charge in [0.25, 0.3) is 0 Å². The van der Waals surface area contributed by atoms with Crippen LogP contribution in [-0.4, -0.2) is 27.3 Å². The molecule has 0 aliphatic carbocycles. The second-order valence-corrected chi connectivity index (χ2v) is 6.25. The van der Waals surface area contributed by atoms with Crippen LogP contribution in [0.5, 0.6) is 5.75 Å². The van der Waals surface area contributed by atoms with Crippen molar-refractivity contribution in [3.63, 3.8) is 0 Å². The normalized spacial score (nSPS) is 10.7. The van der Waals surface area contributed by atoms with Crippen molar-refractivity contribution in [3.8, 4) is 11.4 Å². The minimum atomic E-state index is 0.778. The lowest BCUT2D eigenvalue weighted by Gasteiger charge is -2.08. The summed E-state index contributed by atoms with van der Waals surface area (Å²) in [5, 5.41) is 12.9. The molecule has 6 heteroatoms. The molecule has 118 valence electrons. The molecule has 0 bridgehead atoms. The lowest BCUT2D eigenvalue weighted by Crippen LogP contribution is -2.01. The van der Waals surface area contributed by atoms with E-state index < -0.39 is 0 Å². The summed E-state index contributed by atoms with van der Waals surface area (Å²) in [6, 6.07) is 14.3. The molecule has 0 spiro atoms. The summed E-state index contributed by atoms with van der Waals surface area (Å²) >= 11 is 1.61. The second-order valence-electron chi connectivity index (χ2n) is 5.30. The van der Waals surface area contributed by atoms with Gasteiger partial charge >= 0.3 is 0 Å². The molecule has 0 atom stereocenters. The molecule has 0 fully saturated rings. The number of thioether (sulfide) groups is 1. The molecule has 1 heterocycles. The number of benzene rings is 2. The van der Waals surface area contributed by atoms with Crippen LogP contribution in [0.2, 0.25) is 0 Å². The average Bonchev–Trinajstić information content (AvgIpc) is 3.01. The van der Waals surface area contributed by atoms with Crippen molar-refractivity contribution in [1.29, 1.82) is 0 Å². The summed E-state index contributed by atoms with van der Waals surface area (Å²) in [6.45, 7) is 4.15.